The number of nitrogens with two attached hydrogens (primary N) is 1. The predicted octanol–water partition coefficient (Wildman–Crippen LogP) is 2.92. The Labute approximate surface area is 129 Å². The lowest BCUT2D eigenvalue weighted by molar-refractivity contribution is 0.599. The van der Waals surface area contributed by atoms with E-state index in [2.05, 4.69) is 30.9 Å². The number of anilines is 1. The minimum absolute atomic E-state index is 0.260. The van der Waals surface area contributed by atoms with Crippen molar-refractivity contribution in [2.75, 3.05) is 5.73 Å². The molecule has 0 aliphatic carbocycles. The second-order valence-corrected chi connectivity index (χ2v) is 5.32. The number of halogens is 2. The lowest BCUT2D eigenvalue weighted by Gasteiger charge is -2.07. The van der Waals surface area contributed by atoms with Gasteiger partial charge in [0.15, 0.2) is 21.7 Å². The van der Waals surface area contributed by atoms with E-state index in [1.165, 1.54) is 6.07 Å². The maximum absolute atomic E-state index is 13.8. The molecule has 3 aromatic rings. The van der Waals surface area contributed by atoms with E-state index >= 15 is 0 Å². The van der Waals surface area contributed by atoms with E-state index in [-0.39, 0.29) is 5.82 Å². The first-order valence-corrected chi connectivity index (χ1v) is 7.31. The molecule has 0 aliphatic heterocycles. The van der Waals surface area contributed by atoms with Gasteiger partial charge in [0, 0.05) is 12.0 Å². The fraction of sp³-hybridized carbons (Fsp3) is 0.214. The van der Waals surface area contributed by atoms with Gasteiger partial charge in [-0.15, -0.1) is 0 Å². The van der Waals surface area contributed by atoms with E-state index in [9.17, 15) is 4.39 Å². The number of nitrogens with zero attached hydrogens (tertiary/aromatic N) is 4. The van der Waals surface area contributed by atoms with Gasteiger partial charge >= 0.3 is 0 Å². The van der Waals surface area contributed by atoms with E-state index in [1.807, 2.05) is 6.92 Å². The standard InChI is InChI=1S/C14H13BrFN5/c1-2-10-18-12(17)11-13(19-10)21(14(15)20-11)7-8-5-3-4-6-9(8)16/h3-6H,2,7H2,1H3,(H2,17,18,19). The summed E-state index contributed by atoms with van der Waals surface area (Å²) in [7, 11) is 0. The third-order valence-electron chi connectivity index (χ3n) is 3.22. The lowest BCUT2D eigenvalue weighted by Crippen LogP contribution is -2.06. The van der Waals surface area contributed by atoms with Gasteiger partial charge in [0.05, 0.1) is 6.54 Å². The molecule has 108 valence electrons. The van der Waals surface area contributed by atoms with Crippen LogP contribution in [0.2, 0.25) is 0 Å². The van der Waals surface area contributed by atoms with Crippen LogP contribution < -0.4 is 5.73 Å². The molecular formula is C14H13BrFN5. The predicted molar refractivity (Wildman–Crippen MR) is 82.3 cm³/mol. The first-order valence-electron chi connectivity index (χ1n) is 6.51. The number of aryl methyl sites for hydroxylation is 1. The zero-order valence-electron chi connectivity index (χ0n) is 11.3. The number of rotatable bonds is 3. The summed E-state index contributed by atoms with van der Waals surface area (Å²) in [5.41, 5.74) is 7.61. The molecule has 0 radical (unpaired) electrons. The molecule has 2 aromatic heterocycles. The summed E-state index contributed by atoms with van der Waals surface area (Å²) in [6.07, 6.45) is 0.669. The number of nitrogen functional groups attached to an aromatic ring is 1. The van der Waals surface area contributed by atoms with Crippen molar-refractivity contribution in [2.24, 2.45) is 0 Å². The number of imidazole rings is 1. The number of fused-ring (bicyclic) bond motifs is 1. The van der Waals surface area contributed by atoms with Crippen molar-refractivity contribution >= 4 is 32.9 Å². The highest BCUT2D eigenvalue weighted by Crippen LogP contribution is 2.24. The van der Waals surface area contributed by atoms with Gasteiger partial charge in [-0.3, -0.25) is 4.57 Å². The molecule has 0 aliphatic rings. The Balaban J connectivity index is 2.16. The molecule has 0 amide bonds. The zero-order chi connectivity index (χ0) is 15.0. The summed E-state index contributed by atoms with van der Waals surface area (Å²) in [6, 6.07) is 6.63. The monoisotopic (exact) mass is 349 g/mol. The average molecular weight is 350 g/mol. The third-order valence-corrected chi connectivity index (χ3v) is 3.83. The van der Waals surface area contributed by atoms with Crippen LogP contribution >= 0.6 is 15.9 Å². The fourth-order valence-electron chi connectivity index (χ4n) is 2.14. The molecule has 0 atom stereocenters. The normalized spacial score (nSPS) is 11.2. The molecular weight excluding hydrogens is 337 g/mol. The van der Waals surface area contributed by atoms with E-state index in [1.54, 1.807) is 22.8 Å². The van der Waals surface area contributed by atoms with Gasteiger partial charge in [0.2, 0.25) is 0 Å². The van der Waals surface area contributed by atoms with Crippen LogP contribution in [0, 0.1) is 5.82 Å². The number of hydrogen-bond donors (Lipinski definition) is 1. The van der Waals surface area contributed by atoms with Crippen molar-refractivity contribution in [1.82, 2.24) is 19.5 Å². The number of hydrogen-bond acceptors (Lipinski definition) is 4. The van der Waals surface area contributed by atoms with Gasteiger partial charge in [-0.1, -0.05) is 25.1 Å². The Bertz CT molecular complexity index is 814. The van der Waals surface area contributed by atoms with Gasteiger partial charge in [0.1, 0.15) is 11.6 Å². The first kappa shape index (κ1) is 13.9. The summed E-state index contributed by atoms with van der Waals surface area (Å²) < 4.78 is 16.2. The zero-order valence-corrected chi connectivity index (χ0v) is 12.9. The average Bonchev–Trinajstić information content (AvgIpc) is 2.78. The minimum Gasteiger partial charge on any atom is -0.382 e. The highest BCUT2D eigenvalue weighted by molar-refractivity contribution is 9.10. The molecule has 5 nitrogen and oxygen atoms in total. The highest BCUT2D eigenvalue weighted by Gasteiger charge is 2.16. The van der Waals surface area contributed by atoms with Crippen LogP contribution in [0.5, 0.6) is 0 Å². The van der Waals surface area contributed by atoms with Crippen LogP contribution in [-0.2, 0) is 13.0 Å². The van der Waals surface area contributed by atoms with Crippen LogP contribution in [0.25, 0.3) is 11.2 Å². The van der Waals surface area contributed by atoms with Gasteiger partial charge in [-0.25, -0.2) is 19.3 Å². The molecule has 0 saturated carbocycles. The lowest BCUT2D eigenvalue weighted by atomic mass is 10.2. The van der Waals surface area contributed by atoms with Crippen LogP contribution in [0.3, 0.4) is 0 Å². The van der Waals surface area contributed by atoms with E-state index in [4.69, 9.17) is 5.73 Å². The highest BCUT2D eigenvalue weighted by atomic mass is 79.9. The Morgan fingerprint density at radius 1 is 1.24 bits per heavy atom. The van der Waals surface area contributed by atoms with Crippen molar-refractivity contribution in [2.45, 2.75) is 19.9 Å². The van der Waals surface area contributed by atoms with Crippen LogP contribution in [0.15, 0.2) is 29.0 Å². The van der Waals surface area contributed by atoms with Gasteiger partial charge in [-0.2, -0.15) is 0 Å². The van der Waals surface area contributed by atoms with Gasteiger partial charge in [-0.05, 0) is 22.0 Å². The molecule has 0 spiro atoms. The summed E-state index contributed by atoms with van der Waals surface area (Å²) in [4.78, 5) is 13.0. The van der Waals surface area contributed by atoms with Crippen molar-refractivity contribution in [3.63, 3.8) is 0 Å². The molecule has 0 bridgehead atoms. The SMILES string of the molecule is CCc1nc(N)c2nc(Br)n(Cc3ccccc3F)c2n1. The second kappa shape index (κ2) is 5.40. The summed E-state index contributed by atoms with van der Waals surface area (Å²) in [5.74, 6) is 0.719. The van der Waals surface area contributed by atoms with Crippen molar-refractivity contribution in [3.05, 3.63) is 46.2 Å². The molecule has 0 saturated heterocycles. The van der Waals surface area contributed by atoms with Gasteiger partial charge < -0.3 is 5.73 Å². The fourth-order valence-corrected chi connectivity index (χ4v) is 2.61. The van der Waals surface area contributed by atoms with Crippen molar-refractivity contribution in [1.29, 1.82) is 0 Å². The quantitative estimate of drug-likeness (QED) is 0.738. The van der Waals surface area contributed by atoms with E-state index < -0.39 is 0 Å². The van der Waals surface area contributed by atoms with Gasteiger partial charge in [0.25, 0.3) is 0 Å². The minimum atomic E-state index is -0.260. The molecule has 2 heterocycles. The first-order chi connectivity index (χ1) is 10.1. The number of aromatic nitrogens is 4. The molecule has 2 N–H and O–H groups in total. The van der Waals surface area contributed by atoms with Crippen LogP contribution in [0.4, 0.5) is 10.2 Å². The maximum Gasteiger partial charge on any atom is 0.179 e. The molecule has 0 fully saturated rings. The summed E-state index contributed by atoms with van der Waals surface area (Å²) in [5, 5.41) is 0. The maximum atomic E-state index is 13.8. The molecule has 3 rings (SSSR count). The summed E-state index contributed by atoms with van der Waals surface area (Å²) in [6.45, 7) is 2.27. The van der Waals surface area contributed by atoms with E-state index in [0.29, 0.717) is 46.1 Å². The summed E-state index contributed by atoms with van der Waals surface area (Å²) >= 11 is 3.38. The largest absolute Gasteiger partial charge is 0.382 e. The Hall–Kier alpha value is -2.02. The molecule has 7 heteroatoms. The molecule has 0 unspecified atom stereocenters. The Morgan fingerprint density at radius 2 is 2.00 bits per heavy atom. The van der Waals surface area contributed by atoms with Crippen LogP contribution in [-0.4, -0.2) is 19.5 Å². The smallest absolute Gasteiger partial charge is 0.179 e. The van der Waals surface area contributed by atoms with Crippen molar-refractivity contribution in [3.8, 4) is 0 Å². The number of benzene rings is 1. The third kappa shape index (κ3) is 2.49. The Morgan fingerprint density at radius 3 is 2.71 bits per heavy atom. The Kier molecular flexibility index (Phi) is 3.59. The van der Waals surface area contributed by atoms with Crippen molar-refractivity contribution < 1.29 is 4.39 Å². The molecule has 1 aromatic carbocycles. The molecule has 21 heavy (non-hydrogen) atoms. The van der Waals surface area contributed by atoms with E-state index in [0.717, 1.165) is 0 Å². The topological polar surface area (TPSA) is 69.6 Å². The second-order valence-electron chi connectivity index (χ2n) is 4.61. The van der Waals surface area contributed by atoms with Crippen LogP contribution in [0.1, 0.15) is 18.3 Å².